The summed E-state index contributed by atoms with van der Waals surface area (Å²) < 4.78 is 10.2. The molecule has 0 aliphatic heterocycles. The van der Waals surface area contributed by atoms with Gasteiger partial charge in [-0.1, -0.05) is 0 Å². The summed E-state index contributed by atoms with van der Waals surface area (Å²) in [6, 6.07) is 0. The first-order valence-corrected chi connectivity index (χ1v) is 3.58. The number of rotatable bonds is 6. The van der Waals surface area contributed by atoms with Crippen molar-refractivity contribution in [2.24, 2.45) is 0 Å². The third-order valence-electron chi connectivity index (χ3n) is 0.866. The van der Waals surface area contributed by atoms with Crippen molar-refractivity contribution < 1.29 is 9.47 Å². The Labute approximate surface area is 68.7 Å². The van der Waals surface area contributed by atoms with Crippen LogP contribution in [0.3, 0.4) is 0 Å². The topological polar surface area (TPSA) is 24.9 Å². The highest BCUT2D eigenvalue weighted by molar-refractivity contribution is 4.25. The molecule has 0 saturated carbocycles. The molecule has 0 aromatic heterocycles. The first kappa shape index (κ1) is 10.8. The van der Waals surface area contributed by atoms with E-state index in [1.54, 1.807) is 0 Å². The van der Waals surface area contributed by atoms with Gasteiger partial charge in [0.15, 0.2) is 0 Å². The lowest BCUT2D eigenvalue weighted by molar-refractivity contribution is -0.102. The molecule has 11 heavy (non-hydrogen) atoms. The maximum Gasteiger partial charge on any atom is 0.150 e. The molecular weight excluding hydrogens is 144 g/mol. The zero-order valence-corrected chi connectivity index (χ0v) is 7.83. The van der Waals surface area contributed by atoms with E-state index in [4.69, 9.17) is 9.47 Å². The summed E-state index contributed by atoms with van der Waals surface area (Å²) in [5, 5.41) is 0. The predicted molar refractivity (Wildman–Crippen MR) is 44.1 cm³/mol. The van der Waals surface area contributed by atoms with Gasteiger partial charge < -0.3 is 9.47 Å². The first-order valence-electron chi connectivity index (χ1n) is 3.58. The van der Waals surface area contributed by atoms with E-state index in [0.29, 0.717) is 20.3 Å². The van der Waals surface area contributed by atoms with Crippen LogP contribution < -0.4 is 0 Å². The standard InChI is InChI=1S/C7H18N2O2/c1-8(2)5-10-7-11-6-9(3)4/h5-7H2,1-4H3. The Morgan fingerprint density at radius 1 is 0.818 bits per heavy atom. The van der Waals surface area contributed by atoms with Gasteiger partial charge in [-0.25, -0.2) is 0 Å². The van der Waals surface area contributed by atoms with Gasteiger partial charge in [-0.2, -0.15) is 0 Å². The minimum Gasteiger partial charge on any atom is -0.340 e. The van der Waals surface area contributed by atoms with Gasteiger partial charge >= 0.3 is 0 Å². The fourth-order valence-electron chi connectivity index (χ4n) is 0.499. The summed E-state index contributed by atoms with van der Waals surface area (Å²) in [4.78, 5) is 3.89. The molecule has 0 N–H and O–H groups in total. The Bertz CT molecular complexity index is 76.5. The van der Waals surface area contributed by atoms with Crippen LogP contribution in [-0.4, -0.2) is 58.2 Å². The molecule has 0 unspecified atom stereocenters. The van der Waals surface area contributed by atoms with Gasteiger partial charge in [0.1, 0.15) is 20.3 Å². The molecule has 0 atom stereocenters. The predicted octanol–water partition coefficient (Wildman–Crippen LogP) is 0.0153. The van der Waals surface area contributed by atoms with Crippen molar-refractivity contribution in [2.75, 3.05) is 48.4 Å². The average Bonchev–Trinajstić information content (AvgIpc) is 1.85. The van der Waals surface area contributed by atoms with Gasteiger partial charge in [-0.05, 0) is 28.2 Å². The van der Waals surface area contributed by atoms with Gasteiger partial charge in [0, 0.05) is 0 Å². The summed E-state index contributed by atoms with van der Waals surface area (Å²) in [5.41, 5.74) is 0. The average molecular weight is 162 g/mol. The Morgan fingerprint density at radius 2 is 1.18 bits per heavy atom. The number of hydrogen-bond acceptors (Lipinski definition) is 4. The van der Waals surface area contributed by atoms with Crippen LogP contribution in [0, 0.1) is 0 Å². The highest BCUT2D eigenvalue weighted by Gasteiger charge is 1.90. The van der Waals surface area contributed by atoms with Crippen LogP contribution in [0.1, 0.15) is 0 Å². The van der Waals surface area contributed by atoms with Crippen molar-refractivity contribution in [1.29, 1.82) is 0 Å². The molecule has 0 amide bonds. The second-order valence-electron chi connectivity index (χ2n) is 2.94. The maximum absolute atomic E-state index is 5.12. The summed E-state index contributed by atoms with van der Waals surface area (Å²) in [6.45, 7) is 1.57. The summed E-state index contributed by atoms with van der Waals surface area (Å²) in [5.74, 6) is 0. The van der Waals surface area contributed by atoms with E-state index in [1.807, 2.05) is 38.0 Å². The van der Waals surface area contributed by atoms with Gasteiger partial charge in [0.05, 0.1) is 0 Å². The molecule has 0 aromatic carbocycles. The van der Waals surface area contributed by atoms with Gasteiger partial charge in [0.2, 0.25) is 0 Å². The minimum absolute atomic E-state index is 0.357. The Kier molecular flexibility index (Phi) is 6.45. The Balaban J connectivity index is 2.91. The third-order valence-corrected chi connectivity index (χ3v) is 0.866. The SMILES string of the molecule is CN(C)COCOCN(C)C. The zero-order chi connectivity index (χ0) is 8.69. The molecule has 0 saturated heterocycles. The van der Waals surface area contributed by atoms with Crippen molar-refractivity contribution in [3.05, 3.63) is 0 Å². The molecule has 4 heteroatoms. The highest BCUT2D eigenvalue weighted by Crippen LogP contribution is 1.82. The van der Waals surface area contributed by atoms with E-state index >= 15 is 0 Å². The lowest BCUT2D eigenvalue weighted by Gasteiger charge is -2.12. The lowest BCUT2D eigenvalue weighted by Crippen LogP contribution is -2.21. The second-order valence-corrected chi connectivity index (χ2v) is 2.94. The van der Waals surface area contributed by atoms with E-state index in [1.165, 1.54) is 0 Å². The maximum atomic E-state index is 5.12. The smallest absolute Gasteiger partial charge is 0.150 e. The summed E-state index contributed by atoms with van der Waals surface area (Å²) in [6.07, 6.45) is 0. The molecule has 0 bridgehead atoms. The van der Waals surface area contributed by atoms with E-state index in [-0.39, 0.29) is 0 Å². The van der Waals surface area contributed by atoms with Gasteiger partial charge in [-0.3, -0.25) is 9.80 Å². The molecular formula is C7H18N2O2. The fraction of sp³-hybridized carbons (Fsp3) is 1.00. The number of hydrogen-bond donors (Lipinski definition) is 0. The van der Waals surface area contributed by atoms with Crippen LogP contribution in [0.15, 0.2) is 0 Å². The van der Waals surface area contributed by atoms with Crippen LogP contribution in [0.2, 0.25) is 0 Å². The molecule has 0 fully saturated rings. The van der Waals surface area contributed by atoms with Crippen LogP contribution in [-0.2, 0) is 9.47 Å². The highest BCUT2D eigenvalue weighted by atomic mass is 16.7. The molecule has 0 rings (SSSR count). The molecule has 4 nitrogen and oxygen atoms in total. The molecule has 0 heterocycles. The van der Waals surface area contributed by atoms with Crippen molar-refractivity contribution >= 4 is 0 Å². The summed E-state index contributed by atoms with van der Waals surface area (Å²) >= 11 is 0. The number of ether oxygens (including phenoxy) is 2. The Hall–Kier alpha value is -0.160. The molecule has 0 spiro atoms. The van der Waals surface area contributed by atoms with Crippen molar-refractivity contribution in [3.8, 4) is 0 Å². The zero-order valence-electron chi connectivity index (χ0n) is 7.83. The van der Waals surface area contributed by atoms with E-state index in [9.17, 15) is 0 Å². The van der Waals surface area contributed by atoms with E-state index < -0.39 is 0 Å². The molecule has 0 aromatic rings. The van der Waals surface area contributed by atoms with Crippen molar-refractivity contribution in [1.82, 2.24) is 9.80 Å². The number of nitrogens with zero attached hydrogens (tertiary/aromatic N) is 2. The molecule has 0 aliphatic rings. The molecule has 0 radical (unpaired) electrons. The monoisotopic (exact) mass is 162 g/mol. The van der Waals surface area contributed by atoms with Crippen molar-refractivity contribution in [2.45, 2.75) is 0 Å². The van der Waals surface area contributed by atoms with Gasteiger partial charge in [0.25, 0.3) is 0 Å². The molecule has 68 valence electrons. The quantitative estimate of drug-likeness (QED) is 0.406. The van der Waals surface area contributed by atoms with Crippen LogP contribution in [0.5, 0.6) is 0 Å². The van der Waals surface area contributed by atoms with Crippen molar-refractivity contribution in [3.63, 3.8) is 0 Å². The largest absolute Gasteiger partial charge is 0.340 e. The van der Waals surface area contributed by atoms with Gasteiger partial charge in [-0.15, -0.1) is 0 Å². The summed E-state index contributed by atoms with van der Waals surface area (Å²) in [7, 11) is 7.80. The van der Waals surface area contributed by atoms with Crippen LogP contribution in [0.4, 0.5) is 0 Å². The minimum atomic E-state index is 0.357. The second kappa shape index (κ2) is 6.54. The third kappa shape index (κ3) is 9.84. The first-order chi connectivity index (χ1) is 5.13. The Morgan fingerprint density at radius 3 is 1.45 bits per heavy atom. The molecule has 0 aliphatic carbocycles. The normalized spacial score (nSPS) is 11.5. The van der Waals surface area contributed by atoms with Crippen LogP contribution >= 0.6 is 0 Å². The van der Waals surface area contributed by atoms with Crippen LogP contribution in [0.25, 0.3) is 0 Å². The van der Waals surface area contributed by atoms with E-state index in [2.05, 4.69) is 0 Å². The fourth-order valence-corrected chi connectivity index (χ4v) is 0.499. The lowest BCUT2D eigenvalue weighted by atomic mass is 10.9. The van der Waals surface area contributed by atoms with E-state index in [0.717, 1.165) is 0 Å².